The molecule has 2 aliphatic carbocycles. The Balaban J connectivity index is 1.63. The Morgan fingerprint density at radius 3 is 2.50 bits per heavy atom. The minimum atomic E-state index is -3.31. The molecule has 2 bridgehead atoms. The SMILES string of the molecule is O=S(=O)(NC[C@@H]1C[C@H]2CC[C@@H]1C2)c1ccccc1. The molecule has 0 aromatic heterocycles. The van der Waals surface area contributed by atoms with Crippen molar-refractivity contribution in [2.45, 2.75) is 30.6 Å². The Labute approximate surface area is 109 Å². The third-order valence-corrected chi connectivity index (χ3v) is 5.91. The van der Waals surface area contributed by atoms with Gasteiger partial charge in [-0.05, 0) is 49.1 Å². The highest BCUT2D eigenvalue weighted by molar-refractivity contribution is 7.89. The van der Waals surface area contributed by atoms with Gasteiger partial charge in [0.05, 0.1) is 4.90 Å². The van der Waals surface area contributed by atoms with Crippen molar-refractivity contribution in [3.8, 4) is 0 Å². The standard InChI is InChI=1S/C14H19NO2S/c16-18(17,14-4-2-1-3-5-14)15-10-13-9-11-6-7-12(13)8-11/h1-5,11-13,15H,6-10H2/t11-,12+,13-/m0/s1. The lowest BCUT2D eigenvalue weighted by Crippen LogP contribution is -2.31. The Bertz CT molecular complexity index is 512. The summed E-state index contributed by atoms with van der Waals surface area (Å²) in [5, 5.41) is 0. The van der Waals surface area contributed by atoms with Gasteiger partial charge in [0.2, 0.25) is 10.0 Å². The fourth-order valence-corrected chi connectivity index (χ4v) is 4.64. The summed E-state index contributed by atoms with van der Waals surface area (Å²) in [6.45, 7) is 0.610. The van der Waals surface area contributed by atoms with Gasteiger partial charge in [-0.1, -0.05) is 24.6 Å². The summed E-state index contributed by atoms with van der Waals surface area (Å²) < 4.78 is 26.9. The van der Waals surface area contributed by atoms with E-state index in [0.29, 0.717) is 17.4 Å². The van der Waals surface area contributed by atoms with Crippen LogP contribution in [0, 0.1) is 17.8 Å². The van der Waals surface area contributed by atoms with Crippen LogP contribution in [0.25, 0.3) is 0 Å². The molecule has 1 aromatic rings. The smallest absolute Gasteiger partial charge is 0.211 e. The van der Waals surface area contributed by atoms with E-state index in [-0.39, 0.29) is 0 Å². The first-order valence-electron chi connectivity index (χ1n) is 6.70. The van der Waals surface area contributed by atoms with Crippen molar-refractivity contribution in [3.63, 3.8) is 0 Å². The second-order valence-corrected chi connectivity index (χ2v) is 7.37. The Morgan fingerprint density at radius 1 is 1.11 bits per heavy atom. The number of rotatable bonds is 4. The normalized spacial score (nSPS) is 30.8. The Hall–Kier alpha value is -0.870. The number of fused-ring (bicyclic) bond motifs is 2. The van der Waals surface area contributed by atoms with E-state index in [0.717, 1.165) is 11.8 Å². The monoisotopic (exact) mass is 265 g/mol. The Morgan fingerprint density at radius 2 is 1.89 bits per heavy atom. The molecule has 0 spiro atoms. The molecule has 3 rings (SSSR count). The van der Waals surface area contributed by atoms with Gasteiger partial charge in [0.15, 0.2) is 0 Å². The molecule has 0 aliphatic heterocycles. The van der Waals surface area contributed by atoms with E-state index in [2.05, 4.69) is 4.72 Å². The predicted molar refractivity (Wildman–Crippen MR) is 70.6 cm³/mol. The molecule has 4 heteroatoms. The lowest BCUT2D eigenvalue weighted by Gasteiger charge is -2.21. The van der Waals surface area contributed by atoms with Gasteiger partial charge >= 0.3 is 0 Å². The van der Waals surface area contributed by atoms with Crippen molar-refractivity contribution in [2.24, 2.45) is 17.8 Å². The van der Waals surface area contributed by atoms with E-state index in [1.54, 1.807) is 24.3 Å². The maximum Gasteiger partial charge on any atom is 0.240 e. The van der Waals surface area contributed by atoms with Crippen LogP contribution in [0.4, 0.5) is 0 Å². The highest BCUT2D eigenvalue weighted by atomic mass is 32.2. The van der Waals surface area contributed by atoms with E-state index < -0.39 is 10.0 Å². The van der Waals surface area contributed by atoms with Gasteiger partial charge in [-0.15, -0.1) is 0 Å². The summed E-state index contributed by atoms with van der Waals surface area (Å²) in [5.41, 5.74) is 0. The lowest BCUT2D eigenvalue weighted by molar-refractivity contribution is 0.333. The van der Waals surface area contributed by atoms with Crippen LogP contribution < -0.4 is 4.72 Å². The van der Waals surface area contributed by atoms with Gasteiger partial charge in [0, 0.05) is 6.54 Å². The van der Waals surface area contributed by atoms with Crippen LogP contribution in [0.1, 0.15) is 25.7 Å². The molecular formula is C14H19NO2S. The first kappa shape index (κ1) is 12.2. The van der Waals surface area contributed by atoms with E-state index >= 15 is 0 Å². The van der Waals surface area contributed by atoms with Crippen LogP contribution >= 0.6 is 0 Å². The predicted octanol–water partition coefficient (Wildman–Crippen LogP) is 2.40. The van der Waals surface area contributed by atoms with E-state index in [1.807, 2.05) is 6.07 Å². The van der Waals surface area contributed by atoms with Crippen molar-refractivity contribution in [1.29, 1.82) is 0 Å². The molecule has 3 nitrogen and oxygen atoms in total. The molecule has 0 heterocycles. The highest BCUT2D eigenvalue weighted by Gasteiger charge is 2.39. The minimum absolute atomic E-state index is 0.369. The second kappa shape index (κ2) is 4.67. The largest absolute Gasteiger partial charge is 0.240 e. The van der Waals surface area contributed by atoms with E-state index in [9.17, 15) is 8.42 Å². The summed E-state index contributed by atoms with van der Waals surface area (Å²) >= 11 is 0. The molecule has 1 aromatic carbocycles. The quantitative estimate of drug-likeness (QED) is 0.908. The van der Waals surface area contributed by atoms with Gasteiger partial charge in [-0.25, -0.2) is 13.1 Å². The van der Waals surface area contributed by atoms with E-state index in [4.69, 9.17) is 0 Å². The summed E-state index contributed by atoms with van der Waals surface area (Å²) in [4.78, 5) is 0.369. The van der Waals surface area contributed by atoms with Gasteiger partial charge in [-0.2, -0.15) is 0 Å². The van der Waals surface area contributed by atoms with Crippen LogP contribution in [0.3, 0.4) is 0 Å². The molecule has 18 heavy (non-hydrogen) atoms. The van der Waals surface area contributed by atoms with Gasteiger partial charge < -0.3 is 0 Å². The maximum absolute atomic E-state index is 12.1. The van der Waals surface area contributed by atoms with Gasteiger partial charge in [0.25, 0.3) is 0 Å². The second-order valence-electron chi connectivity index (χ2n) is 5.60. The van der Waals surface area contributed by atoms with Crippen LogP contribution in [0.15, 0.2) is 35.2 Å². The van der Waals surface area contributed by atoms with Crippen LogP contribution in [-0.2, 0) is 10.0 Å². The fourth-order valence-electron chi connectivity index (χ4n) is 3.53. The van der Waals surface area contributed by atoms with Crippen molar-refractivity contribution in [1.82, 2.24) is 4.72 Å². The van der Waals surface area contributed by atoms with Crippen LogP contribution in [0.5, 0.6) is 0 Å². The molecule has 0 saturated heterocycles. The first-order valence-corrected chi connectivity index (χ1v) is 8.18. The number of benzene rings is 1. The summed E-state index contributed by atoms with van der Waals surface area (Å²) in [6.07, 6.45) is 5.18. The molecule has 2 aliphatic rings. The van der Waals surface area contributed by atoms with Crippen LogP contribution in [-0.4, -0.2) is 15.0 Å². The van der Waals surface area contributed by atoms with Crippen molar-refractivity contribution in [2.75, 3.05) is 6.54 Å². The molecule has 3 atom stereocenters. The zero-order chi connectivity index (χ0) is 12.6. The average molecular weight is 265 g/mol. The Kier molecular flexibility index (Phi) is 3.16. The molecule has 0 amide bonds. The van der Waals surface area contributed by atoms with Gasteiger partial charge in [-0.3, -0.25) is 0 Å². The summed E-state index contributed by atoms with van der Waals surface area (Å²) in [7, 11) is -3.31. The molecule has 98 valence electrons. The molecule has 2 fully saturated rings. The van der Waals surface area contributed by atoms with Crippen molar-refractivity contribution >= 4 is 10.0 Å². The third kappa shape index (κ3) is 2.31. The summed E-state index contributed by atoms with van der Waals surface area (Å²) in [5.74, 6) is 2.18. The molecule has 2 saturated carbocycles. The topological polar surface area (TPSA) is 46.2 Å². The molecule has 0 unspecified atom stereocenters. The van der Waals surface area contributed by atoms with E-state index in [1.165, 1.54) is 25.7 Å². The number of sulfonamides is 1. The zero-order valence-electron chi connectivity index (χ0n) is 10.4. The minimum Gasteiger partial charge on any atom is -0.211 e. The number of hydrogen-bond donors (Lipinski definition) is 1. The maximum atomic E-state index is 12.1. The highest BCUT2D eigenvalue weighted by Crippen LogP contribution is 2.48. The molecular weight excluding hydrogens is 246 g/mol. The average Bonchev–Trinajstić information content (AvgIpc) is 3.00. The summed E-state index contributed by atoms with van der Waals surface area (Å²) in [6, 6.07) is 8.62. The lowest BCUT2D eigenvalue weighted by atomic mass is 9.89. The first-order chi connectivity index (χ1) is 8.65. The number of nitrogens with one attached hydrogen (secondary N) is 1. The van der Waals surface area contributed by atoms with Crippen molar-refractivity contribution in [3.05, 3.63) is 30.3 Å². The molecule has 1 N–H and O–H groups in total. The van der Waals surface area contributed by atoms with Crippen molar-refractivity contribution < 1.29 is 8.42 Å². The molecule has 0 radical (unpaired) electrons. The third-order valence-electron chi connectivity index (χ3n) is 4.47. The number of hydrogen-bond acceptors (Lipinski definition) is 2. The fraction of sp³-hybridized carbons (Fsp3) is 0.571. The van der Waals surface area contributed by atoms with Gasteiger partial charge in [0.1, 0.15) is 0 Å². The zero-order valence-corrected chi connectivity index (χ0v) is 11.2. The van der Waals surface area contributed by atoms with Crippen LogP contribution in [0.2, 0.25) is 0 Å².